The van der Waals surface area contributed by atoms with Crippen LogP contribution in [-0.4, -0.2) is 35.0 Å². The summed E-state index contributed by atoms with van der Waals surface area (Å²) in [5.41, 5.74) is -1.10. The summed E-state index contributed by atoms with van der Waals surface area (Å²) in [5.74, 6) is -0.600. The maximum atomic E-state index is 11.9. The summed E-state index contributed by atoms with van der Waals surface area (Å²) in [6.45, 7) is 0.915. The van der Waals surface area contributed by atoms with Gasteiger partial charge in [-0.15, -0.1) is 0 Å². The third-order valence-electron chi connectivity index (χ3n) is 3.10. The molecule has 1 amide bonds. The summed E-state index contributed by atoms with van der Waals surface area (Å²) >= 11 is 0. The van der Waals surface area contributed by atoms with Crippen molar-refractivity contribution in [2.75, 3.05) is 13.2 Å². The Hall–Kier alpha value is -2.55. The lowest BCUT2D eigenvalue weighted by Crippen LogP contribution is -2.31. The van der Waals surface area contributed by atoms with Crippen LogP contribution >= 0.6 is 0 Å². The maximum Gasteiger partial charge on any atom is 0.277 e. The van der Waals surface area contributed by atoms with Crippen LogP contribution in [0.3, 0.4) is 0 Å². The van der Waals surface area contributed by atoms with Crippen LogP contribution in [0.4, 0.5) is 11.4 Å². The Morgan fingerprint density at radius 2 is 1.86 bits per heavy atom. The van der Waals surface area contributed by atoms with Gasteiger partial charge in [-0.2, -0.15) is 0 Å². The van der Waals surface area contributed by atoms with Gasteiger partial charge in [0.15, 0.2) is 0 Å². The molecule has 1 N–H and O–H groups in total. The molecule has 1 aromatic carbocycles. The van der Waals surface area contributed by atoms with Gasteiger partial charge in [-0.3, -0.25) is 25.0 Å². The number of rotatable bonds is 5. The van der Waals surface area contributed by atoms with E-state index in [1.807, 2.05) is 0 Å². The van der Waals surface area contributed by atoms with Crippen LogP contribution in [-0.2, 0) is 4.74 Å². The molecule has 1 unspecified atom stereocenters. The van der Waals surface area contributed by atoms with Crippen molar-refractivity contribution in [1.82, 2.24) is 5.32 Å². The number of carbonyl (C=O) groups excluding carboxylic acids is 1. The Morgan fingerprint density at radius 3 is 2.33 bits per heavy atom. The van der Waals surface area contributed by atoms with Crippen molar-refractivity contribution in [3.05, 3.63) is 44.0 Å². The van der Waals surface area contributed by atoms with E-state index in [9.17, 15) is 25.0 Å². The van der Waals surface area contributed by atoms with Gasteiger partial charge in [0.2, 0.25) is 0 Å². The summed E-state index contributed by atoms with van der Waals surface area (Å²) in [6.07, 6.45) is 1.67. The smallest absolute Gasteiger partial charge is 0.277 e. The van der Waals surface area contributed by atoms with Crippen molar-refractivity contribution in [3.8, 4) is 0 Å². The number of hydrogen-bond acceptors (Lipinski definition) is 6. The van der Waals surface area contributed by atoms with Crippen LogP contribution in [0.2, 0.25) is 0 Å². The minimum atomic E-state index is -0.774. The van der Waals surface area contributed by atoms with Gasteiger partial charge in [0, 0.05) is 25.3 Å². The molecule has 1 aliphatic rings. The monoisotopic (exact) mass is 295 g/mol. The fourth-order valence-corrected chi connectivity index (χ4v) is 2.05. The molecular weight excluding hydrogens is 282 g/mol. The van der Waals surface area contributed by atoms with Gasteiger partial charge in [0.05, 0.1) is 27.6 Å². The Labute approximate surface area is 119 Å². The molecule has 21 heavy (non-hydrogen) atoms. The lowest BCUT2D eigenvalue weighted by molar-refractivity contribution is -0.394. The standard InChI is InChI=1S/C12H13N3O6/c16-12(13-7-11-2-1-3-21-11)8-4-9(14(17)18)6-10(5-8)15(19)20/h4-6,11H,1-3,7H2,(H,13,16). The molecule has 0 radical (unpaired) electrons. The molecule has 0 aromatic heterocycles. The Balaban J connectivity index is 2.14. The molecule has 9 heteroatoms. The number of carbonyl (C=O) groups is 1. The van der Waals surface area contributed by atoms with Crippen molar-refractivity contribution in [2.45, 2.75) is 18.9 Å². The third-order valence-corrected chi connectivity index (χ3v) is 3.10. The number of nitrogens with zero attached hydrogens (tertiary/aromatic N) is 2. The van der Waals surface area contributed by atoms with Crippen molar-refractivity contribution in [3.63, 3.8) is 0 Å². The molecule has 0 spiro atoms. The number of nitro benzene ring substituents is 2. The highest BCUT2D eigenvalue weighted by atomic mass is 16.6. The summed E-state index contributed by atoms with van der Waals surface area (Å²) in [5, 5.41) is 24.1. The van der Waals surface area contributed by atoms with Gasteiger partial charge >= 0.3 is 0 Å². The molecule has 1 aliphatic heterocycles. The van der Waals surface area contributed by atoms with Gasteiger partial charge in [0.1, 0.15) is 0 Å². The largest absolute Gasteiger partial charge is 0.376 e. The molecule has 112 valence electrons. The van der Waals surface area contributed by atoms with E-state index in [1.165, 1.54) is 0 Å². The van der Waals surface area contributed by atoms with Gasteiger partial charge in [-0.25, -0.2) is 0 Å². The zero-order valence-corrected chi connectivity index (χ0v) is 11.0. The van der Waals surface area contributed by atoms with Crippen LogP contribution in [0.15, 0.2) is 18.2 Å². The minimum absolute atomic E-state index is 0.0809. The Kier molecular flexibility index (Phi) is 4.43. The first kappa shape index (κ1) is 14.9. The fraction of sp³-hybridized carbons (Fsp3) is 0.417. The normalized spacial score (nSPS) is 17.4. The van der Waals surface area contributed by atoms with E-state index in [0.29, 0.717) is 6.61 Å². The van der Waals surface area contributed by atoms with Crippen molar-refractivity contribution < 1.29 is 19.4 Å². The number of hydrogen-bond donors (Lipinski definition) is 1. The molecular formula is C12H13N3O6. The van der Waals surface area contributed by atoms with Gasteiger partial charge < -0.3 is 10.1 Å². The van der Waals surface area contributed by atoms with E-state index in [0.717, 1.165) is 31.0 Å². The first-order valence-electron chi connectivity index (χ1n) is 6.31. The first-order valence-corrected chi connectivity index (χ1v) is 6.31. The zero-order valence-electron chi connectivity index (χ0n) is 11.0. The molecule has 0 aliphatic carbocycles. The van der Waals surface area contributed by atoms with Gasteiger partial charge in [-0.1, -0.05) is 0 Å². The topological polar surface area (TPSA) is 125 Å². The molecule has 1 heterocycles. The van der Waals surface area contributed by atoms with Gasteiger partial charge in [0.25, 0.3) is 17.3 Å². The predicted octanol–water partition coefficient (Wildman–Crippen LogP) is 1.41. The number of nitrogens with one attached hydrogen (secondary N) is 1. The highest BCUT2D eigenvalue weighted by Crippen LogP contribution is 2.22. The number of ether oxygens (including phenoxy) is 1. The van der Waals surface area contributed by atoms with Crippen LogP contribution in [0.1, 0.15) is 23.2 Å². The lowest BCUT2D eigenvalue weighted by Gasteiger charge is -2.10. The molecule has 1 atom stereocenters. The van der Waals surface area contributed by atoms with Crippen molar-refractivity contribution in [1.29, 1.82) is 0 Å². The Bertz CT molecular complexity index is 550. The number of nitro groups is 2. The van der Waals surface area contributed by atoms with E-state index in [2.05, 4.69) is 5.32 Å². The number of amides is 1. The highest BCUT2D eigenvalue weighted by Gasteiger charge is 2.21. The SMILES string of the molecule is O=C(NCC1CCCO1)c1cc([N+](=O)[O-])cc([N+](=O)[O-])c1. The quantitative estimate of drug-likeness (QED) is 0.646. The average molecular weight is 295 g/mol. The minimum Gasteiger partial charge on any atom is -0.376 e. The van der Waals surface area contributed by atoms with Crippen LogP contribution in [0.25, 0.3) is 0 Å². The second kappa shape index (κ2) is 6.27. The Morgan fingerprint density at radius 1 is 1.24 bits per heavy atom. The number of non-ortho nitro benzene ring substituents is 2. The molecule has 1 saturated heterocycles. The molecule has 1 aromatic rings. The van der Waals surface area contributed by atoms with E-state index < -0.39 is 27.1 Å². The lowest BCUT2D eigenvalue weighted by atomic mass is 10.1. The average Bonchev–Trinajstić information content (AvgIpc) is 2.97. The van der Waals surface area contributed by atoms with Crippen molar-refractivity contribution >= 4 is 17.3 Å². The second-order valence-electron chi connectivity index (χ2n) is 4.60. The van der Waals surface area contributed by atoms with Crippen LogP contribution in [0.5, 0.6) is 0 Å². The molecule has 1 fully saturated rings. The second-order valence-corrected chi connectivity index (χ2v) is 4.60. The summed E-state index contributed by atoms with van der Waals surface area (Å²) in [6, 6.07) is 2.84. The van der Waals surface area contributed by atoms with Crippen molar-refractivity contribution in [2.24, 2.45) is 0 Å². The third kappa shape index (κ3) is 3.72. The maximum absolute atomic E-state index is 11.9. The summed E-state index contributed by atoms with van der Waals surface area (Å²) in [7, 11) is 0. The summed E-state index contributed by atoms with van der Waals surface area (Å²) in [4.78, 5) is 31.9. The fourth-order valence-electron chi connectivity index (χ4n) is 2.05. The van der Waals surface area contributed by atoms with E-state index in [4.69, 9.17) is 4.74 Å². The zero-order chi connectivity index (χ0) is 15.4. The van der Waals surface area contributed by atoms with E-state index >= 15 is 0 Å². The molecule has 0 saturated carbocycles. The first-order chi connectivity index (χ1) is 9.97. The molecule has 0 bridgehead atoms. The summed E-state index contributed by atoms with van der Waals surface area (Å²) < 4.78 is 5.33. The van der Waals surface area contributed by atoms with Crippen LogP contribution < -0.4 is 5.32 Å². The molecule has 9 nitrogen and oxygen atoms in total. The van der Waals surface area contributed by atoms with E-state index in [-0.39, 0.29) is 18.2 Å². The predicted molar refractivity (Wildman–Crippen MR) is 71.1 cm³/mol. The molecule has 2 rings (SSSR count). The van der Waals surface area contributed by atoms with Crippen LogP contribution in [0, 0.1) is 20.2 Å². The number of benzene rings is 1. The highest BCUT2D eigenvalue weighted by molar-refractivity contribution is 5.95. The van der Waals surface area contributed by atoms with E-state index in [1.54, 1.807) is 0 Å². The van der Waals surface area contributed by atoms with Gasteiger partial charge in [-0.05, 0) is 12.8 Å².